The topological polar surface area (TPSA) is 12.0 Å². The second-order valence-corrected chi connectivity index (χ2v) is 5.65. The Hall–Kier alpha value is -1.25. The summed E-state index contributed by atoms with van der Waals surface area (Å²) in [6.45, 7) is 0.995. The van der Waals surface area contributed by atoms with Crippen molar-refractivity contribution in [1.29, 1.82) is 0 Å². The molecule has 0 aromatic heterocycles. The molecule has 3 rings (SSSR count). The summed E-state index contributed by atoms with van der Waals surface area (Å²) in [7, 11) is 2.03. The molecule has 0 unspecified atom stereocenters. The van der Waals surface area contributed by atoms with Gasteiger partial charge in [0.05, 0.1) is 0 Å². The Labute approximate surface area is 113 Å². The van der Waals surface area contributed by atoms with Crippen LogP contribution in [-0.4, -0.2) is 13.6 Å². The third-order valence-electron chi connectivity index (χ3n) is 3.52. The maximum Gasteiger partial charge on any atom is 0.0235 e. The minimum absolute atomic E-state index is 0.470. The first-order chi connectivity index (χ1) is 8.90. The Kier molecular flexibility index (Phi) is 3.39. The van der Waals surface area contributed by atoms with Gasteiger partial charge in [0.25, 0.3) is 0 Å². The van der Waals surface area contributed by atoms with E-state index in [1.165, 1.54) is 21.6 Å². The van der Waals surface area contributed by atoms with Crippen molar-refractivity contribution in [2.24, 2.45) is 0 Å². The van der Waals surface area contributed by atoms with Crippen LogP contribution in [0.4, 0.5) is 0 Å². The quantitative estimate of drug-likeness (QED) is 0.879. The molecule has 0 saturated carbocycles. The zero-order valence-corrected chi connectivity index (χ0v) is 11.3. The van der Waals surface area contributed by atoms with Crippen LogP contribution in [0.5, 0.6) is 0 Å². The van der Waals surface area contributed by atoms with Gasteiger partial charge in [0.1, 0.15) is 0 Å². The van der Waals surface area contributed by atoms with E-state index in [0.29, 0.717) is 5.92 Å². The maximum atomic E-state index is 3.34. The fraction of sp³-hybridized carbons (Fsp3) is 0.250. The van der Waals surface area contributed by atoms with Crippen molar-refractivity contribution in [2.75, 3.05) is 13.6 Å². The van der Waals surface area contributed by atoms with Crippen molar-refractivity contribution in [3.63, 3.8) is 0 Å². The molecule has 1 atom stereocenters. The first-order valence-corrected chi connectivity index (χ1v) is 7.33. The highest BCUT2D eigenvalue weighted by molar-refractivity contribution is 7.98. The summed E-state index contributed by atoms with van der Waals surface area (Å²) in [4.78, 5) is 1.42. The van der Waals surface area contributed by atoms with Gasteiger partial charge in [-0.15, -0.1) is 11.8 Å². The van der Waals surface area contributed by atoms with Gasteiger partial charge in [-0.2, -0.15) is 0 Å². The number of hydrogen-bond donors (Lipinski definition) is 1. The predicted octanol–water partition coefficient (Wildman–Crippen LogP) is 3.64. The van der Waals surface area contributed by atoms with E-state index < -0.39 is 0 Å². The summed E-state index contributed by atoms with van der Waals surface area (Å²) in [5.41, 5.74) is 4.41. The molecule has 0 amide bonds. The predicted molar refractivity (Wildman–Crippen MR) is 78.2 cm³/mol. The number of thioether (sulfide) groups is 1. The van der Waals surface area contributed by atoms with Crippen LogP contribution in [-0.2, 0) is 5.75 Å². The van der Waals surface area contributed by atoms with Crippen molar-refractivity contribution in [2.45, 2.75) is 16.6 Å². The van der Waals surface area contributed by atoms with Crippen LogP contribution in [0.2, 0.25) is 0 Å². The van der Waals surface area contributed by atoms with Gasteiger partial charge in [-0.3, -0.25) is 0 Å². The molecule has 2 aromatic rings. The molecule has 0 fully saturated rings. The van der Waals surface area contributed by atoms with Crippen LogP contribution >= 0.6 is 11.8 Å². The summed E-state index contributed by atoms with van der Waals surface area (Å²) < 4.78 is 0. The second-order valence-electron chi connectivity index (χ2n) is 4.64. The molecular formula is C16H17NS. The highest BCUT2D eigenvalue weighted by Crippen LogP contribution is 2.39. The Balaban J connectivity index is 2.15. The van der Waals surface area contributed by atoms with Crippen LogP contribution < -0.4 is 5.32 Å². The summed E-state index contributed by atoms with van der Waals surface area (Å²) in [5, 5.41) is 3.34. The molecule has 0 spiro atoms. The van der Waals surface area contributed by atoms with E-state index in [0.717, 1.165) is 12.3 Å². The van der Waals surface area contributed by atoms with E-state index in [2.05, 4.69) is 53.8 Å². The van der Waals surface area contributed by atoms with Crippen molar-refractivity contribution < 1.29 is 0 Å². The number of hydrogen-bond acceptors (Lipinski definition) is 2. The van der Waals surface area contributed by atoms with Gasteiger partial charge in [-0.25, -0.2) is 0 Å². The van der Waals surface area contributed by atoms with Crippen LogP contribution in [0.1, 0.15) is 22.6 Å². The van der Waals surface area contributed by atoms with E-state index in [4.69, 9.17) is 0 Å². The van der Waals surface area contributed by atoms with Crippen molar-refractivity contribution in [3.8, 4) is 0 Å². The van der Waals surface area contributed by atoms with Gasteiger partial charge in [0.15, 0.2) is 0 Å². The average Bonchev–Trinajstić information content (AvgIpc) is 2.58. The fourth-order valence-electron chi connectivity index (χ4n) is 2.65. The Morgan fingerprint density at radius 1 is 1.06 bits per heavy atom. The zero-order valence-electron chi connectivity index (χ0n) is 10.5. The van der Waals surface area contributed by atoms with Gasteiger partial charge < -0.3 is 5.32 Å². The van der Waals surface area contributed by atoms with Crippen LogP contribution in [0.15, 0.2) is 53.4 Å². The van der Waals surface area contributed by atoms with E-state index in [9.17, 15) is 0 Å². The monoisotopic (exact) mass is 255 g/mol. The largest absolute Gasteiger partial charge is 0.319 e. The molecule has 92 valence electrons. The standard InChI is InChI=1S/C16H17NS/c1-17-10-15-13-7-3-2-6-12(13)11-18-16-9-5-4-8-14(15)16/h2-9,15,17H,10-11H2,1H3/t15-/m1/s1. The number of nitrogens with one attached hydrogen (secondary N) is 1. The van der Waals surface area contributed by atoms with Crippen molar-refractivity contribution in [1.82, 2.24) is 5.32 Å². The van der Waals surface area contributed by atoms with E-state index in [-0.39, 0.29) is 0 Å². The SMILES string of the molecule is CNC[C@@H]1c2ccccc2CSc2ccccc21. The minimum atomic E-state index is 0.470. The van der Waals surface area contributed by atoms with Crippen LogP contribution in [0.25, 0.3) is 0 Å². The summed E-state index contributed by atoms with van der Waals surface area (Å²) in [6.07, 6.45) is 0. The van der Waals surface area contributed by atoms with Gasteiger partial charge in [-0.1, -0.05) is 42.5 Å². The van der Waals surface area contributed by atoms with Gasteiger partial charge in [-0.05, 0) is 29.8 Å². The van der Waals surface area contributed by atoms with E-state index >= 15 is 0 Å². The normalized spacial score (nSPS) is 17.7. The lowest BCUT2D eigenvalue weighted by molar-refractivity contribution is 0.697. The Bertz CT molecular complexity index is 503. The van der Waals surface area contributed by atoms with Crippen LogP contribution in [0, 0.1) is 0 Å². The molecule has 0 saturated heterocycles. The molecule has 1 aliphatic heterocycles. The molecule has 0 radical (unpaired) electrons. The average molecular weight is 255 g/mol. The first-order valence-electron chi connectivity index (χ1n) is 6.34. The lowest BCUT2D eigenvalue weighted by Crippen LogP contribution is -2.19. The molecule has 1 heterocycles. The van der Waals surface area contributed by atoms with E-state index in [1.54, 1.807) is 0 Å². The van der Waals surface area contributed by atoms with E-state index in [1.807, 2.05) is 18.8 Å². The third kappa shape index (κ3) is 2.06. The molecule has 1 N–H and O–H groups in total. The number of fused-ring (bicyclic) bond motifs is 2. The fourth-order valence-corrected chi connectivity index (χ4v) is 3.78. The highest BCUT2D eigenvalue weighted by Gasteiger charge is 2.22. The molecule has 0 aliphatic carbocycles. The lowest BCUT2D eigenvalue weighted by atomic mass is 9.88. The van der Waals surface area contributed by atoms with Gasteiger partial charge in [0.2, 0.25) is 0 Å². The molecule has 18 heavy (non-hydrogen) atoms. The zero-order chi connectivity index (χ0) is 12.4. The maximum absolute atomic E-state index is 3.34. The number of benzene rings is 2. The number of rotatable bonds is 2. The minimum Gasteiger partial charge on any atom is -0.319 e. The van der Waals surface area contributed by atoms with Gasteiger partial charge in [0, 0.05) is 23.1 Å². The van der Waals surface area contributed by atoms with Gasteiger partial charge >= 0.3 is 0 Å². The molecule has 1 aliphatic rings. The van der Waals surface area contributed by atoms with Crippen LogP contribution in [0.3, 0.4) is 0 Å². The third-order valence-corrected chi connectivity index (χ3v) is 4.65. The van der Waals surface area contributed by atoms with Crippen molar-refractivity contribution >= 4 is 11.8 Å². The smallest absolute Gasteiger partial charge is 0.0235 e. The molecule has 2 aromatic carbocycles. The summed E-state index contributed by atoms with van der Waals surface area (Å²) >= 11 is 1.95. The molecular weight excluding hydrogens is 238 g/mol. The molecule has 1 nitrogen and oxygen atoms in total. The molecule has 0 bridgehead atoms. The lowest BCUT2D eigenvalue weighted by Gasteiger charge is -2.19. The second kappa shape index (κ2) is 5.17. The Morgan fingerprint density at radius 3 is 2.61 bits per heavy atom. The highest BCUT2D eigenvalue weighted by atomic mass is 32.2. The summed E-state index contributed by atoms with van der Waals surface area (Å²) in [5.74, 6) is 1.55. The Morgan fingerprint density at radius 2 is 1.78 bits per heavy atom. The molecule has 2 heteroatoms. The number of likely N-dealkylation sites (N-methyl/N-ethyl adjacent to an activating group) is 1. The first kappa shape index (κ1) is 11.8. The summed E-state index contributed by atoms with van der Waals surface area (Å²) in [6, 6.07) is 17.6. The van der Waals surface area contributed by atoms with Crippen molar-refractivity contribution in [3.05, 3.63) is 65.2 Å².